The van der Waals surface area contributed by atoms with Crippen LogP contribution in [0.3, 0.4) is 0 Å². The van der Waals surface area contributed by atoms with Gasteiger partial charge >= 0.3 is 5.69 Å². The van der Waals surface area contributed by atoms with Gasteiger partial charge in [0.05, 0.1) is 29.4 Å². The van der Waals surface area contributed by atoms with E-state index >= 15 is 0 Å². The minimum atomic E-state index is -0.528. The number of allylic oxidation sites excluding steroid dienone is 1. The van der Waals surface area contributed by atoms with Gasteiger partial charge in [0.2, 0.25) is 0 Å². The average Bonchev–Trinajstić information content (AvgIpc) is 2.43. The molecule has 0 saturated heterocycles. The van der Waals surface area contributed by atoms with Crippen molar-refractivity contribution in [1.82, 2.24) is 0 Å². The van der Waals surface area contributed by atoms with Crippen LogP contribution in [-0.2, 0) is 0 Å². The Hall–Kier alpha value is -2.55. The van der Waals surface area contributed by atoms with E-state index in [4.69, 9.17) is 15.7 Å². The fourth-order valence-corrected chi connectivity index (χ4v) is 1.67. The fraction of sp³-hybridized carbons (Fsp3) is 0.308. The number of nitriles is 1. The fourth-order valence-electron chi connectivity index (χ4n) is 1.67. The van der Waals surface area contributed by atoms with Crippen LogP contribution in [0.2, 0.25) is 0 Å². The molecule has 0 atom stereocenters. The number of nitrogens with two attached hydrogens (primary N) is 1. The zero-order valence-electron chi connectivity index (χ0n) is 10.8. The van der Waals surface area contributed by atoms with Crippen LogP contribution in [0.5, 0.6) is 5.75 Å². The monoisotopic (exact) mass is 261 g/mol. The van der Waals surface area contributed by atoms with Gasteiger partial charge in [-0.3, -0.25) is 10.1 Å². The minimum Gasteiger partial charge on any atom is -0.490 e. The maximum Gasteiger partial charge on any atom is 0.310 e. The van der Waals surface area contributed by atoms with Crippen molar-refractivity contribution < 1.29 is 9.66 Å². The molecule has 6 heteroatoms. The molecule has 0 aliphatic rings. The Balaban J connectivity index is 3.30. The van der Waals surface area contributed by atoms with Crippen molar-refractivity contribution in [3.63, 3.8) is 0 Å². The molecule has 0 unspecified atom stereocenters. The Labute approximate surface area is 111 Å². The maximum absolute atomic E-state index is 10.8. The van der Waals surface area contributed by atoms with Gasteiger partial charge in [-0.05, 0) is 18.6 Å². The highest BCUT2D eigenvalue weighted by atomic mass is 16.6. The summed E-state index contributed by atoms with van der Waals surface area (Å²) < 4.78 is 4.97. The van der Waals surface area contributed by atoms with Crippen LogP contribution in [-0.4, -0.2) is 12.0 Å². The second-order valence-electron chi connectivity index (χ2n) is 3.90. The third-order valence-corrected chi connectivity index (χ3v) is 2.65. The van der Waals surface area contributed by atoms with Gasteiger partial charge in [-0.1, -0.05) is 13.3 Å². The highest BCUT2D eigenvalue weighted by Crippen LogP contribution is 2.30. The quantitative estimate of drug-likeness (QED) is 0.498. The Bertz CT molecular complexity index is 559. The summed E-state index contributed by atoms with van der Waals surface area (Å²) in [6.07, 6.45) is 1.37. The van der Waals surface area contributed by atoms with Gasteiger partial charge in [0.25, 0.3) is 0 Å². The molecule has 0 saturated carbocycles. The first-order valence-electron chi connectivity index (χ1n) is 5.76. The normalized spacial score (nSPS) is 11.4. The van der Waals surface area contributed by atoms with Gasteiger partial charge in [0.1, 0.15) is 0 Å². The van der Waals surface area contributed by atoms with E-state index in [1.54, 1.807) is 0 Å². The van der Waals surface area contributed by atoms with E-state index in [1.807, 2.05) is 6.92 Å². The van der Waals surface area contributed by atoms with Crippen LogP contribution in [0.25, 0.3) is 5.70 Å². The summed E-state index contributed by atoms with van der Waals surface area (Å²) in [4.78, 5) is 10.3. The minimum absolute atomic E-state index is 0.124. The molecule has 0 amide bonds. The molecule has 0 heterocycles. The summed E-state index contributed by atoms with van der Waals surface area (Å²) in [5.41, 5.74) is 7.14. The first kappa shape index (κ1) is 14.5. The lowest BCUT2D eigenvalue weighted by molar-refractivity contribution is -0.385. The molecule has 0 aliphatic carbocycles. The zero-order chi connectivity index (χ0) is 14.4. The van der Waals surface area contributed by atoms with Gasteiger partial charge in [0.15, 0.2) is 5.75 Å². The highest BCUT2D eigenvalue weighted by molar-refractivity contribution is 5.71. The van der Waals surface area contributed by atoms with Crippen molar-refractivity contribution in [3.8, 4) is 11.8 Å². The van der Waals surface area contributed by atoms with Crippen molar-refractivity contribution in [2.75, 3.05) is 7.11 Å². The molecule has 2 N–H and O–H groups in total. The van der Waals surface area contributed by atoms with Crippen molar-refractivity contribution in [2.45, 2.75) is 19.8 Å². The number of nitro groups is 1. The number of nitro benzene ring substituents is 1. The van der Waals surface area contributed by atoms with E-state index < -0.39 is 4.92 Å². The first-order valence-corrected chi connectivity index (χ1v) is 5.76. The number of hydrogen-bond donors (Lipinski definition) is 1. The molecule has 100 valence electrons. The predicted octanol–water partition coefficient (Wildman–Crippen LogP) is 2.60. The van der Waals surface area contributed by atoms with E-state index in [0.29, 0.717) is 23.3 Å². The number of rotatable bonds is 5. The molecule has 1 rings (SSSR count). The molecular weight excluding hydrogens is 246 g/mol. The van der Waals surface area contributed by atoms with Crippen molar-refractivity contribution in [2.24, 2.45) is 5.73 Å². The molecule has 1 aromatic rings. The van der Waals surface area contributed by atoms with E-state index in [2.05, 4.69) is 6.07 Å². The molecular formula is C13H15N3O3. The van der Waals surface area contributed by atoms with Crippen molar-refractivity contribution >= 4 is 11.4 Å². The summed E-state index contributed by atoms with van der Waals surface area (Å²) in [5, 5.41) is 19.8. The summed E-state index contributed by atoms with van der Waals surface area (Å²) in [6.45, 7) is 1.95. The lowest BCUT2D eigenvalue weighted by atomic mass is 10.0. The summed E-state index contributed by atoms with van der Waals surface area (Å²) >= 11 is 0. The van der Waals surface area contributed by atoms with Crippen LogP contribution in [0.1, 0.15) is 25.3 Å². The van der Waals surface area contributed by atoms with Crippen LogP contribution in [0.15, 0.2) is 23.8 Å². The van der Waals surface area contributed by atoms with Crippen LogP contribution in [0.4, 0.5) is 5.69 Å². The van der Waals surface area contributed by atoms with Crippen molar-refractivity contribution in [1.29, 1.82) is 5.26 Å². The molecule has 6 nitrogen and oxygen atoms in total. The molecule has 0 spiro atoms. The third-order valence-electron chi connectivity index (χ3n) is 2.65. The van der Waals surface area contributed by atoms with Gasteiger partial charge in [-0.2, -0.15) is 5.26 Å². The molecule has 0 aromatic heterocycles. The van der Waals surface area contributed by atoms with Gasteiger partial charge in [0, 0.05) is 11.6 Å². The lowest BCUT2D eigenvalue weighted by Crippen LogP contribution is -2.02. The predicted molar refractivity (Wildman–Crippen MR) is 71.3 cm³/mol. The smallest absolute Gasteiger partial charge is 0.310 e. The largest absolute Gasteiger partial charge is 0.490 e. The summed E-state index contributed by atoms with van der Waals surface area (Å²) in [7, 11) is 1.35. The SMILES string of the molecule is CCC/C(C#N)=C(/N)c1ccc([N+](=O)[O-])c(OC)c1. The van der Waals surface area contributed by atoms with Gasteiger partial charge in [-0.15, -0.1) is 0 Å². The van der Waals surface area contributed by atoms with E-state index in [9.17, 15) is 10.1 Å². The highest BCUT2D eigenvalue weighted by Gasteiger charge is 2.16. The molecule has 0 radical (unpaired) electrons. The Morgan fingerprint density at radius 1 is 1.58 bits per heavy atom. The standard InChI is InChI=1S/C13H15N3O3/c1-3-4-10(8-14)13(15)9-5-6-11(16(17)18)12(7-9)19-2/h5-7H,3-4,15H2,1-2H3/b13-10-. The molecule has 19 heavy (non-hydrogen) atoms. The number of hydrogen-bond acceptors (Lipinski definition) is 5. The van der Waals surface area contributed by atoms with Gasteiger partial charge in [-0.25, -0.2) is 0 Å². The Morgan fingerprint density at radius 2 is 2.26 bits per heavy atom. The maximum atomic E-state index is 10.8. The second kappa shape index (κ2) is 6.40. The topological polar surface area (TPSA) is 102 Å². The number of nitrogens with zero attached hydrogens (tertiary/aromatic N) is 2. The van der Waals surface area contributed by atoms with E-state index in [-0.39, 0.29) is 11.4 Å². The number of benzene rings is 1. The average molecular weight is 261 g/mol. The lowest BCUT2D eigenvalue weighted by Gasteiger charge is -2.07. The summed E-state index contributed by atoms with van der Waals surface area (Å²) in [6, 6.07) is 6.37. The van der Waals surface area contributed by atoms with Crippen LogP contribution >= 0.6 is 0 Å². The van der Waals surface area contributed by atoms with Crippen LogP contribution in [0, 0.1) is 21.4 Å². The van der Waals surface area contributed by atoms with E-state index in [1.165, 1.54) is 25.3 Å². The molecule has 0 aliphatic heterocycles. The van der Waals surface area contributed by atoms with E-state index in [0.717, 1.165) is 6.42 Å². The van der Waals surface area contributed by atoms with Crippen LogP contribution < -0.4 is 10.5 Å². The Kier molecular flexibility index (Phi) is 4.89. The third kappa shape index (κ3) is 3.22. The zero-order valence-corrected chi connectivity index (χ0v) is 10.8. The summed E-state index contributed by atoms with van der Waals surface area (Å²) in [5.74, 6) is 0.124. The number of methoxy groups -OCH3 is 1. The number of ether oxygens (including phenoxy) is 1. The Morgan fingerprint density at radius 3 is 2.74 bits per heavy atom. The molecule has 0 bridgehead atoms. The molecule has 1 aromatic carbocycles. The second-order valence-corrected chi connectivity index (χ2v) is 3.90. The first-order chi connectivity index (χ1) is 9.04. The van der Waals surface area contributed by atoms with Gasteiger partial charge < -0.3 is 10.5 Å². The van der Waals surface area contributed by atoms with Crippen molar-refractivity contribution in [3.05, 3.63) is 39.4 Å². The molecule has 0 fully saturated rings.